The second kappa shape index (κ2) is 7.58. The Morgan fingerprint density at radius 2 is 1.71 bits per heavy atom. The molecule has 3 heteroatoms. The molecule has 0 radical (unpaired) electrons. The van der Waals surface area contributed by atoms with Crippen LogP contribution in [0.4, 0.5) is 5.69 Å². The highest BCUT2D eigenvalue weighted by Gasteiger charge is 2.04. The molecule has 0 bridgehead atoms. The Kier molecular flexibility index (Phi) is 5.50. The molecule has 0 unspecified atom stereocenters. The highest BCUT2D eigenvalue weighted by atomic mass is 16.5. The summed E-state index contributed by atoms with van der Waals surface area (Å²) in [4.78, 5) is 2.32. The lowest BCUT2D eigenvalue weighted by atomic mass is 10.2. The molecule has 3 nitrogen and oxygen atoms in total. The molecule has 0 heterocycles. The van der Waals surface area contributed by atoms with Gasteiger partial charge in [-0.3, -0.25) is 0 Å². The van der Waals surface area contributed by atoms with E-state index in [0.29, 0.717) is 6.61 Å². The maximum Gasteiger partial charge on any atom is 0.119 e. The van der Waals surface area contributed by atoms with Crippen molar-refractivity contribution < 1.29 is 9.47 Å². The molecule has 0 aliphatic carbocycles. The van der Waals surface area contributed by atoms with Crippen molar-refractivity contribution in [1.82, 2.24) is 0 Å². The largest absolute Gasteiger partial charge is 0.497 e. The number of benzene rings is 2. The van der Waals surface area contributed by atoms with E-state index in [4.69, 9.17) is 9.47 Å². The lowest BCUT2D eigenvalue weighted by Crippen LogP contribution is -2.28. The van der Waals surface area contributed by atoms with Crippen molar-refractivity contribution in [3.8, 4) is 11.5 Å². The maximum absolute atomic E-state index is 5.79. The average Bonchev–Trinajstić information content (AvgIpc) is 2.52. The van der Waals surface area contributed by atoms with Crippen molar-refractivity contribution in [3.05, 3.63) is 54.1 Å². The van der Waals surface area contributed by atoms with Crippen LogP contribution in [0.25, 0.3) is 0 Å². The monoisotopic (exact) mass is 285 g/mol. The predicted molar refractivity (Wildman–Crippen MR) is 87.6 cm³/mol. The molecule has 2 aromatic rings. The summed E-state index contributed by atoms with van der Waals surface area (Å²) < 4.78 is 10.9. The van der Waals surface area contributed by atoms with Gasteiger partial charge in [0, 0.05) is 12.2 Å². The van der Waals surface area contributed by atoms with Gasteiger partial charge >= 0.3 is 0 Å². The van der Waals surface area contributed by atoms with Crippen LogP contribution in [0.3, 0.4) is 0 Å². The number of likely N-dealkylation sites (N-methyl/N-ethyl adjacent to an activating group) is 1. The molecule has 0 aliphatic rings. The van der Waals surface area contributed by atoms with Gasteiger partial charge in [0.1, 0.15) is 18.1 Å². The second-order valence-corrected chi connectivity index (χ2v) is 4.94. The van der Waals surface area contributed by atoms with Gasteiger partial charge in [-0.2, -0.15) is 0 Å². The third-order valence-electron chi connectivity index (χ3n) is 3.44. The number of anilines is 1. The van der Waals surface area contributed by atoms with Crippen molar-refractivity contribution in [2.75, 3.05) is 31.7 Å². The van der Waals surface area contributed by atoms with Crippen molar-refractivity contribution in [2.24, 2.45) is 0 Å². The van der Waals surface area contributed by atoms with Crippen LogP contribution in [0.15, 0.2) is 48.5 Å². The molecule has 0 amide bonds. The van der Waals surface area contributed by atoms with E-state index in [0.717, 1.165) is 24.6 Å². The van der Waals surface area contributed by atoms with Crippen molar-refractivity contribution in [1.29, 1.82) is 0 Å². The summed E-state index contributed by atoms with van der Waals surface area (Å²) in [5, 5.41) is 0. The molecule has 0 atom stereocenters. The first-order valence-corrected chi connectivity index (χ1v) is 7.31. The summed E-state index contributed by atoms with van der Waals surface area (Å²) in [7, 11) is 1.66. The number of nitrogens with zero attached hydrogens (tertiary/aromatic N) is 1. The zero-order chi connectivity index (χ0) is 15.1. The maximum atomic E-state index is 5.79. The smallest absolute Gasteiger partial charge is 0.119 e. The first-order valence-electron chi connectivity index (χ1n) is 7.31. The van der Waals surface area contributed by atoms with E-state index in [1.54, 1.807) is 7.11 Å². The molecule has 0 saturated carbocycles. The summed E-state index contributed by atoms with van der Waals surface area (Å²) in [5.41, 5.74) is 2.53. The Morgan fingerprint density at radius 1 is 1.00 bits per heavy atom. The summed E-state index contributed by atoms with van der Waals surface area (Å²) in [6, 6.07) is 16.2. The number of hydrogen-bond donors (Lipinski definition) is 0. The van der Waals surface area contributed by atoms with Crippen molar-refractivity contribution >= 4 is 5.69 Å². The average molecular weight is 285 g/mol. The number of hydrogen-bond acceptors (Lipinski definition) is 3. The Labute approximate surface area is 127 Å². The molecule has 112 valence electrons. The van der Waals surface area contributed by atoms with Gasteiger partial charge in [-0.25, -0.2) is 0 Å². The Morgan fingerprint density at radius 3 is 2.33 bits per heavy atom. The molecule has 0 spiro atoms. The van der Waals surface area contributed by atoms with E-state index in [9.17, 15) is 0 Å². The summed E-state index contributed by atoms with van der Waals surface area (Å²) in [6.45, 7) is 6.77. The fourth-order valence-electron chi connectivity index (χ4n) is 2.24. The van der Waals surface area contributed by atoms with E-state index < -0.39 is 0 Å². The van der Waals surface area contributed by atoms with Crippen LogP contribution in [-0.2, 0) is 0 Å². The van der Waals surface area contributed by atoms with E-state index in [1.807, 2.05) is 24.3 Å². The second-order valence-electron chi connectivity index (χ2n) is 4.94. The lowest BCUT2D eigenvalue weighted by Gasteiger charge is -2.23. The normalized spacial score (nSPS) is 10.2. The molecule has 0 N–H and O–H groups in total. The van der Waals surface area contributed by atoms with Crippen LogP contribution in [-0.4, -0.2) is 26.8 Å². The molecule has 0 aromatic heterocycles. The van der Waals surface area contributed by atoms with Gasteiger partial charge in [-0.15, -0.1) is 0 Å². The topological polar surface area (TPSA) is 21.7 Å². The molecule has 2 aromatic carbocycles. The van der Waals surface area contributed by atoms with Gasteiger partial charge < -0.3 is 14.4 Å². The van der Waals surface area contributed by atoms with Crippen LogP contribution in [0, 0.1) is 6.92 Å². The van der Waals surface area contributed by atoms with E-state index >= 15 is 0 Å². The molecular weight excluding hydrogens is 262 g/mol. The standard InChI is InChI=1S/C18H23NO2/c1-4-19(16-7-5-6-15(2)14-16)12-13-21-18-10-8-17(20-3)9-11-18/h5-11,14H,4,12-13H2,1-3H3. The molecule has 0 fully saturated rings. The third-order valence-corrected chi connectivity index (χ3v) is 3.44. The van der Waals surface area contributed by atoms with Crippen LogP contribution in [0.2, 0.25) is 0 Å². The molecule has 21 heavy (non-hydrogen) atoms. The fraction of sp³-hybridized carbons (Fsp3) is 0.333. The Balaban J connectivity index is 1.88. The van der Waals surface area contributed by atoms with Gasteiger partial charge in [0.15, 0.2) is 0 Å². The third kappa shape index (κ3) is 4.42. The molecule has 0 saturated heterocycles. The van der Waals surface area contributed by atoms with Crippen molar-refractivity contribution in [2.45, 2.75) is 13.8 Å². The minimum Gasteiger partial charge on any atom is -0.497 e. The quantitative estimate of drug-likeness (QED) is 0.770. The van der Waals surface area contributed by atoms with Gasteiger partial charge in [0.2, 0.25) is 0 Å². The number of rotatable bonds is 7. The Hall–Kier alpha value is -2.16. The van der Waals surface area contributed by atoms with Crippen molar-refractivity contribution in [3.63, 3.8) is 0 Å². The minimum atomic E-state index is 0.661. The first-order chi connectivity index (χ1) is 10.2. The van der Waals surface area contributed by atoms with Gasteiger partial charge in [-0.1, -0.05) is 12.1 Å². The zero-order valence-electron chi connectivity index (χ0n) is 13.0. The number of ether oxygens (including phenoxy) is 2. The van der Waals surface area contributed by atoms with Crippen LogP contribution in [0.5, 0.6) is 11.5 Å². The lowest BCUT2D eigenvalue weighted by molar-refractivity contribution is 0.323. The highest BCUT2D eigenvalue weighted by Crippen LogP contribution is 2.18. The minimum absolute atomic E-state index is 0.661. The van der Waals surface area contributed by atoms with E-state index in [-0.39, 0.29) is 0 Å². The fourth-order valence-corrected chi connectivity index (χ4v) is 2.24. The van der Waals surface area contributed by atoms with Gasteiger partial charge in [0.05, 0.1) is 13.7 Å². The molecule has 2 rings (SSSR count). The number of methoxy groups -OCH3 is 1. The summed E-state index contributed by atoms with van der Waals surface area (Å²) in [5.74, 6) is 1.72. The first kappa shape index (κ1) is 15.2. The zero-order valence-corrected chi connectivity index (χ0v) is 13.0. The molecule has 0 aliphatic heterocycles. The van der Waals surface area contributed by atoms with E-state index in [1.165, 1.54) is 11.3 Å². The molecular formula is C18H23NO2. The van der Waals surface area contributed by atoms with Crippen LogP contribution >= 0.6 is 0 Å². The van der Waals surface area contributed by atoms with Crippen LogP contribution < -0.4 is 14.4 Å². The van der Waals surface area contributed by atoms with Crippen LogP contribution in [0.1, 0.15) is 12.5 Å². The summed E-state index contributed by atoms with van der Waals surface area (Å²) in [6.07, 6.45) is 0. The predicted octanol–water partition coefficient (Wildman–Crippen LogP) is 3.91. The van der Waals surface area contributed by atoms with E-state index in [2.05, 4.69) is 43.0 Å². The number of aryl methyl sites for hydroxylation is 1. The Bertz CT molecular complexity index is 551. The van der Waals surface area contributed by atoms with Gasteiger partial charge in [-0.05, 0) is 55.8 Å². The van der Waals surface area contributed by atoms with Gasteiger partial charge in [0.25, 0.3) is 0 Å². The SMILES string of the molecule is CCN(CCOc1ccc(OC)cc1)c1cccc(C)c1. The highest BCUT2D eigenvalue weighted by molar-refractivity contribution is 5.48. The summed E-state index contributed by atoms with van der Waals surface area (Å²) >= 11 is 0.